The Morgan fingerprint density at radius 2 is 1.60 bits per heavy atom. The van der Waals surface area contributed by atoms with Crippen LogP contribution in [0.3, 0.4) is 0 Å². The van der Waals surface area contributed by atoms with Gasteiger partial charge in [-0.1, -0.05) is 110 Å². The van der Waals surface area contributed by atoms with Crippen LogP contribution in [0.2, 0.25) is 18.1 Å². The van der Waals surface area contributed by atoms with Crippen molar-refractivity contribution in [2.75, 3.05) is 13.9 Å². The van der Waals surface area contributed by atoms with Crippen molar-refractivity contribution >= 4 is 31.5 Å². The van der Waals surface area contributed by atoms with Crippen LogP contribution in [0.5, 0.6) is 0 Å². The van der Waals surface area contributed by atoms with Gasteiger partial charge in [0, 0.05) is 42.2 Å². The molecule has 0 saturated heterocycles. The third kappa shape index (κ3) is 13.0. The van der Waals surface area contributed by atoms with Crippen LogP contribution >= 0.6 is 0 Å². The summed E-state index contributed by atoms with van der Waals surface area (Å²) in [5.74, 6) is 0.147. The second-order valence-corrected chi connectivity index (χ2v) is 20.4. The Morgan fingerprint density at radius 3 is 2.20 bits per heavy atom. The Hall–Kier alpha value is -2.98. The molecule has 0 bridgehead atoms. The minimum atomic E-state index is -2.20. The molecule has 2 rings (SSSR count). The van der Waals surface area contributed by atoms with Gasteiger partial charge in [0.2, 0.25) is 0 Å². The van der Waals surface area contributed by atoms with Crippen LogP contribution in [0.1, 0.15) is 87.6 Å². The highest BCUT2D eigenvalue weighted by atomic mass is 28.4. The topological polar surface area (TPSA) is 110 Å². The van der Waals surface area contributed by atoms with Gasteiger partial charge in [-0.3, -0.25) is 0 Å². The lowest BCUT2D eigenvalue weighted by atomic mass is 9.81. The summed E-state index contributed by atoms with van der Waals surface area (Å²) in [6, 6.07) is 9.03. The van der Waals surface area contributed by atoms with Crippen LogP contribution in [0.15, 0.2) is 69.4 Å². The maximum atomic E-state index is 12.1. The van der Waals surface area contributed by atoms with Crippen molar-refractivity contribution in [3.63, 3.8) is 0 Å². The molecule has 9 heteroatoms. The number of carbonyl (C=O) groups is 1. The van der Waals surface area contributed by atoms with E-state index in [2.05, 4.69) is 107 Å². The molecule has 2 aromatic rings. The summed E-state index contributed by atoms with van der Waals surface area (Å²) in [6.07, 6.45) is 10.9. The van der Waals surface area contributed by atoms with Crippen LogP contribution < -0.4 is 11.4 Å². The predicted octanol–water partition coefficient (Wildman–Crippen LogP) is 10.1. The molecule has 0 saturated carbocycles. The lowest BCUT2D eigenvalue weighted by Gasteiger charge is -2.44. The first-order valence-electron chi connectivity index (χ1n) is 18.1. The number of primary amides is 1. The van der Waals surface area contributed by atoms with Gasteiger partial charge in [-0.15, -0.1) is 0 Å². The zero-order chi connectivity index (χ0) is 37.8. The molecule has 8 atom stereocenters. The van der Waals surface area contributed by atoms with E-state index < -0.39 is 20.5 Å². The van der Waals surface area contributed by atoms with Crippen LogP contribution in [0, 0.1) is 29.6 Å². The van der Waals surface area contributed by atoms with Gasteiger partial charge in [0.1, 0.15) is 18.5 Å². The number of methoxy groups -OCH3 is 1. The summed E-state index contributed by atoms with van der Waals surface area (Å²) >= 11 is 0. The number of hydrogen-bond acceptors (Lipinski definition) is 7. The highest BCUT2D eigenvalue weighted by molar-refractivity contribution is 6.74. The van der Waals surface area contributed by atoms with Gasteiger partial charge < -0.3 is 28.8 Å². The number of hydrogen-bond donors (Lipinski definition) is 1. The molecule has 8 nitrogen and oxygen atoms in total. The van der Waals surface area contributed by atoms with Gasteiger partial charge >= 0.3 is 11.7 Å². The quantitative estimate of drug-likeness (QED) is 0.0668. The van der Waals surface area contributed by atoms with Crippen molar-refractivity contribution in [2.45, 2.75) is 119 Å². The third-order valence-corrected chi connectivity index (χ3v) is 14.6. The Morgan fingerprint density at radius 1 is 0.960 bits per heavy atom. The third-order valence-electron chi connectivity index (χ3n) is 10.1. The standard InChI is InChI=1S/C41H65NO7Si/c1-14-15-16-28(3)38(48-40(42)44)32(7)39(49-50(12,13)41(8,9)10)31(6)24-27(2)23-30(5)37(46-26-45-11)29(4)17-18-33-19-20-34-21-22-36(43)47-35(34)25-33/h15-23,25,28-32,37-39H,14,24,26H2,1-13H3,(H2,42,44)/b16-15-,18-17-,27-23-/t28?,29?,30-,31-,32+,37-,38-,39+/m0/s1. The normalized spacial score (nSPS) is 18.1. The summed E-state index contributed by atoms with van der Waals surface area (Å²) in [6.45, 7) is 26.5. The van der Waals surface area contributed by atoms with Crippen LogP contribution in [0.25, 0.3) is 17.0 Å². The molecule has 1 aromatic heterocycles. The fourth-order valence-electron chi connectivity index (χ4n) is 6.45. The van der Waals surface area contributed by atoms with E-state index >= 15 is 0 Å². The lowest BCUT2D eigenvalue weighted by molar-refractivity contribution is -0.0947. The molecule has 50 heavy (non-hydrogen) atoms. The Labute approximate surface area is 302 Å². The van der Waals surface area contributed by atoms with E-state index in [9.17, 15) is 9.59 Å². The number of rotatable bonds is 19. The number of ether oxygens (including phenoxy) is 3. The molecule has 1 heterocycles. The van der Waals surface area contributed by atoms with Crippen molar-refractivity contribution in [2.24, 2.45) is 35.3 Å². The number of carbonyl (C=O) groups excluding carboxylic acids is 1. The van der Waals surface area contributed by atoms with E-state index in [4.69, 9.17) is 28.8 Å². The number of benzene rings is 1. The zero-order valence-electron chi connectivity index (χ0n) is 32.9. The summed E-state index contributed by atoms with van der Waals surface area (Å²) in [5, 5.41) is 0.887. The lowest BCUT2D eigenvalue weighted by Crippen LogP contribution is -2.50. The van der Waals surface area contributed by atoms with E-state index in [0.717, 1.165) is 23.8 Å². The van der Waals surface area contributed by atoms with Crippen LogP contribution in [-0.2, 0) is 18.6 Å². The molecule has 0 radical (unpaired) electrons. The Kier molecular flexibility index (Phi) is 16.9. The summed E-state index contributed by atoms with van der Waals surface area (Å²) in [5.41, 5.74) is 7.98. The molecule has 0 aliphatic carbocycles. The van der Waals surface area contributed by atoms with Gasteiger partial charge in [0.25, 0.3) is 0 Å². The van der Waals surface area contributed by atoms with Crippen molar-refractivity contribution < 1.29 is 27.8 Å². The van der Waals surface area contributed by atoms with E-state index in [0.29, 0.717) is 5.58 Å². The molecule has 2 N–H and O–H groups in total. The van der Waals surface area contributed by atoms with Gasteiger partial charge in [-0.2, -0.15) is 0 Å². The Bertz CT molecular complexity index is 1500. The zero-order valence-corrected chi connectivity index (χ0v) is 33.9. The average molecular weight is 712 g/mol. The number of amides is 1. The predicted molar refractivity (Wildman–Crippen MR) is 208 cm³/mol. The largest absolute Gasteiger partial charge is 0.445 e. The van der Waals surface area contributed by atoms with E-state index in [1.54, 1.807) is 13.2 Å². The maximum absolute atomic E-state index is 12.1. The summed E-state index contributed by atoms with van der Waals surface area (Å²) in [7, 11) is -0.567. The van der Waals surface area contributed by atoms with E-state index in [1.807, 2.05) is 24.3 Å². The second kappa shape index (κ2) is 19.6. The second-order valence-electron chi connectivity index (χ2n) is 15.7. The van der Waals surface area contributed by atoms with Gasteiger partial charge in [0.05, 0.1) is 12.2 Å². The smallest absolute Gasteiger partial charge is 0.404 e. The minimum Gasteiger partial charge on any atom is -0.445 e. The molecule has 0 aliphatic heterocycles. The van der Waals surface area contributed by atoms with Gasteiger partial charge in [-0.25, -0.2) is 9.59 Å². The SMILES string of the molecule is CC/C=C\C(C)[C@H](OC(N)=O)[C@@H](C)[C@H](O[Si](C)(C)C(C)(C)C)[C@@H](C)C/C(C)=C\[C@H](C)[C@@H](OCOC)C(C)/C=C\c1ccc2ccc(=O)oc2c1. The number of nitrogens with two attached hydrogens (primary N) is 1. The molecular formula is C41H65NO7Si. The van der Waals surface area contributed by atoms with Crippen molar-refractivity contribution in [1.82, 2.24) is 0 Å². The monoisotopic (exact) mass is 711 g/mol. The molecule has 0 spiro atoms. The maximum Gasteiger partial charge on any atom is 0.404 e. The van der Waals surface area contributed by atoms with Crippen molar-refractivity contribution in [1.29, 1.82) is 0 Å². The molecule has 2 unspecified atom stereocenters. The average Bonchev–Trinajstić information content (AvgIpc) is 3.02. The number of fused-ring (bicyclic) bond motifs is 1. The number of allylic oxidation sites excluding steroid dienone is 2. The highest BCUT2D eigenvalue weighted by Crippen LogP contribution is 2.41. The van der Waals surface area contributed by atoms with Crippen molar-refractivity contribution in [3.05, 3.63) is 76.2 Å². The summed E-state index contributed by atoms with van der Waals surface area (Å²) in [4.78, 5) is 23.8. The fourth-order valence-corrected chi connectivity index (χ4v) is 7.93. The van der Waals surface area contributed by atoms with Gasteiger partial charge in [-0.05, 0) is 61.5 Å². The molecule has 1 amide bonds. The fraction of sp³-hybridized carbons (Fsp3) is 0.610. The molecule has 0 fully saturated rings. The molecule has 280 valence electrons. The highest BCUT2D eigenvalue weighted by Gasteiger charge is 2.44. The van der Waals surface area contributed by atoms with Crippen LogP contribution in [-0.4, -0.2) is 46.6 Å². The van der Waals surface area contributed by atoms with Crippen LogP contribution in [0.4, 0.5) is 4.79 Å². The Balaban J connectivity index is 2.37. The first-order chi connectivity index (χ1) is 23.3. The first kappa shape index (κ1) is 43.2. The molecular weight excluding hydrogens is 647 g/mol. The molecule has 1 aromatic carbocycles. The van der Waals surface area contributed by atoms with E-state index in [1.165, 1.54) is 11.6 Å². The van der Waals surface area contributed by atoms with Crippen molar-refractivity contribution in [3.8, 4) is 0 Å². The minimum absolute atomic E-state index is 0.00796. The summed E-state index contributed by atoms with van der Waals surface area (Å²) < 4.78 is 29.9. The molecule has 0 aliphatic rings. The van der Waals surface area contributed by atoms with E-state index in [-0.39, 0.29) is 59.3 Å². The van der Waals surface area contributed by atoms with Gasteiger partial charge in [0.15, 0.2) is 8.32 Å². The first-order valence-corrected chi connectivity index (χ1v) is 21.0.